The number of nitrogens with zero attached hydrogens (tertiary/aromatic N) is 1. The highest BCUT2D eigenvalue weighted by Gasteiger charge is 2.19. The Kier molecular flexibility index (Phi) is 6.86. The zero-order valence-corrected chi connectivity index (χ0v) is 14.2. The van der Waals surface area contributed by atoms with Gasteiger partial charge in [-0.25, -0.2) is 4.98 Å². The molecule has 6 heteroatoms. The normalized spacial score (nSPS) is 20.0. The zero-order chi connectivity index (χ0) is 16.7. The first-order valence-corrected chi connectivity index (χ1v) is 8.44. The molecule has 1 saturated carbocycles. The Bertz CT molecular complexity index is 619. The number of pyridine rings is 1. The summed E-state index contributed by atoms with van der Waals surface area (Å²) >= 11 is 5.65. The number of aromatic amines is 1. The first-order chi connectivity index (χ1) is 11.1. The van der Waals surface area contributed by atoms with E-state index in [4.69, 9.17) is 22.1 Å². The van der Waals surface area contributed by atoms with Gasteiger partial charge in [-0.1, -0.05) is 37.8 Å². The van der Waals surface area contributed by atoms with Crippen LogP contribution in [0.5, 0.6) is 0 Å². The molecule has 1 aliphatic carbocycles. The van der Waals surface area contributed by atoms with Gasteiger partial charge in [-0.05, 0) is 37.0 Å². The lowest BCUT2D eigenvalue weighted by Gasteiger charge is -2.18. The molecule has 23 heavy (non-hydrogen) atoms. The Labute approximate surface area is 141 Å². The minimum absolute atomic E-state index is 0.296. The van der Waals surface area contributed by atoms with Crippen LogP contribution in [0.15, 0.2) is 24.4 Å². The van der Waals surface area contributed by atoms with E-state index in [2.05, 4.69) is 16.9 Å². The summed E-state index contributed by atoms with van der Waals surface area (Å²) in [5.74, 6) is 0.734. The molecule has 0 spiro atoms. The molecule has 1 atom stereocenters. The molecule has 0 unspecified atom stereocenters. The SMILES string of the molecule is CC1CCC1.Clc1ccc2[nH]ccc2n1.NC(=O)[C@@H]1CCCO1. The van der Waals surface area contributed by atoms with Crippen molar-refractivity contribution < 1.29 is 9.53 Å². The number of primary amides is 1. The van der Waals surface area contributed by atoms with Crippen LogP contribution in [-0.2, 0) is 9.53 Å². The summed E-state index contributed by atoms with van der Waals surface area (Å²) in [6.45, 7) is 3.00. The van der Waals surface area contributed by atoms with E-state index in [1.54, 1.807) is 6.07 Å². The van der Waals surface area contributed by atoms with E-state index in [-0.39, 0.29) is 12.0 Å². The van der Waals surface area contributed by atoms with Crippen LogP contribution in [0.2, 0.25) is 5.15 Å². The second-order valence-electron chi connectivity index (χ2n) is 5.98. The van der Waals surface area contributed by atoms with Gasteiger partial charge in [0, 0.05) is 12.8 Å². The number of rotatable bonds is 1. The second-order valence-corrected chi connectivity index (χ2v) is 6.37. The first kappa shape index (κ1) is 17.8. The highest BCUT2D eigenvalue weighted by atomic mass is 35.5. The van der Waals surface area contributed by atoms with E-state index in [0.29, 0.717) is 11.8 Å². The maximum absolute atomic E-state index is 10.3. The second kappa shape index (κ2) is 8.89. The number of ether oxygens (including phenoxy) is 1. The summed E-state index contributed by atoms with van der Waals surface area (Å²) in [4.78, 5) is 17.4. The molecule has 2 fully saturated rings. The number of nitrogens with one attached hydrogen (secondary N) is 1. The van der Waals surface area contributed by atoms with Crippen LogP contribution in [0.25, 0.3) is 11.0 Å². The molecule has 0 bridgehead atoms. The fraction of sp³-hybridized carbons (Fsp3) is 0.529. The molecule has 1 amide bonds. The van der Waals surface area contributed by atoms with Gasteiger partial charge >= 0.3 is 0 Å². The fourth-order valence-corrected chi connectivity index (χ4v) is 2.48. The number of halogens is 1. The number of hydrogen-bond donors (Lipinski definition) is 2. The van der Waals surface area contributed by atoms with E-state index in [9.17, 15) is 4.79 Å². The largest absolute Gasteiger partial charge is 0.368 e. The van der Waals surface area contributed by atoms with Crippen molar-refractivity contribution in [2.24, 2.45) is 11.7 Å². The quantitative estimate of drug-likeness (QED) is 0.779. The number of carbonyl (C=O) groups is 1. The van der Waals surface area contributed by atoms with Gasteiger partial charge in [0.2, 0.25) is 5.91 Å². The summed E-state index contributed by atoms with van der Waals surface area (Å²) in [5, 5.41) is 0.534. The molecule has 1 saturated heterocycles. The molecule has 3 N–H and O–H groups in total. The number of amides is 1. The van der Waals surface area contributed by atoms with Gasteiger partial charge in [0.1, 0.15) is 11.3 Å². The molecule has 0 aromatic carbocycles. The number of carbonyl (C=O) groups excluding carboxylic acids is 1. The van der Waals surface area contributed by atoms with Gasteiger partial charge in [0.05, 0.1) is 11.0 Å². The maximum Gasteiger partial charge on any atom is 0.246 e. The standard InChI is InChI=1S/C7H5ClN2.C5H9NO2.C5H10/c8-7-2-1-5-6(10-7)3-4-9-5;6-5(7)4-2-1-3-8-4;1-5-3-2-4-5/h1-4,9H;4H,1-3H2,(H2,6,7);5H,2-4H2,1H3/t;4-;/m.0./s1. The molecule has 5 nitrogen and oxygen atoms in total. The summed E-state index contributed by atoms with van der Waals surface area (Å²) in [5.41, 5.74) is 6.86. The Hall–Kier alpha value is -1.59. The third kappa shape index (κ3) is 5.84. The van der Waals surface area contributed by atoms with Crippen LogP contribution in [0, 0.1) is 5.92 Å². The summed E-state index contributed by atoms with van der Waals surface area (Å²) in [6.07, 6.45) is 7.77. The molecular formula is C17H24ClN3O2. The van der Waals surface area contributed by atoms with Crippen LogP contribution in [0.3, 0.4) is 0 Å². The molecular weight excluding hydrogens is 314 g/mol. The van der Waals surface area contributed by atoms with Crippen LogP contribution in [0.4, 0.5) is 0 Å². The number of fused-ring (bicyclic) bond motifs is 1. The molecule has 1 aliphatic heterocycles. The monoisotopic (exact) mass is 337 g/mol. The van der Waals surface area contributed by atoms with Gasteiger partial charge in [-0.3, -0.25) is 4.79 Å². The average Bonchev–Trinajstić information content (AvgIpc) is 3.17. The highest BCUT2D eigenvalue weighted by molar-refractivity contribution is 6.29. The third-order valence-electron chi connectivity index (χ3n) is 4.01. The molecule has 3 heterocycles. The number of hydrogen-bond acceptors (Lipinski definition) is 3. The Morgan fingerprint density at radius 2 is 2.04 bits per heavy atom. The van der Waals surface area contributed by atoms with E-state index in [1.165, 1.54) is 19.3 Å². The predicted molar refractivity (Wildman–Crippen MR) is 92.3 cm³/mol. The highest BCUT2D eigenvalue weighted by Crippen LogP contribution is 2.24. The molecule has 2 aromatic heterocycles. The van der Waals surface area contributed by atoms with E-state index >= 15 is 0 Å². The zero-order valence-electron chi connectivity index (χ0n) is 13.4. The van der Waals surface area contributed by atoms with Crippen molar-refractivity contribution in [1.82, 2.24) is 9.97 Å². The lowest BCUT2D eigenvalue weighted by molar-refractivity contribution is -0.126. The average molecular weight is 338 g/mol. The van der Waals surface area contributed by atoms with Crippen LogP contribution in [0.1, 0.15) is 39.0 Å². The van der Waals surface area contributed by atoms with Crippen molar-refractivity contribution in [1.29, 1.82) is 0 Å². The van der Waals surface area contributed by atoms with Gasteiger partial charge in [0.25, 0.3) is 0 Å². The Morgan fingerprint density at radius 3 is 2.52 bits per heavy atom. The number of aromatic nitrogens is 2. The van der Waals surface area contributed by atoms with Crippen LogP contribution >= 0.6 is 11.6 Å². The molecule has 4 rings (SSSR count). The fourth-order valence-electron chi connectivity index (χ4n) is 2.32. The molecule has 126 valence electrons. The summed E-state index contributed by atoms with van der Waals surface area (Å²) in [7, 11) is 0. The van der Waals surface area contributed by atoms with Gasteiger partial charge in [-0.15, -0.1) is 0 Å². The van der Waals surface area contributed by atoms with E-state index in [1.807, 2.05) is 18.3 Å². The molecule has 0 radical (unpaired) electrons. The maximum atomic E-state index is 10.3. The van der Waals surface area contributed by atoms with Crippen molar-refractivity contribution in [3.05, 3.63) is 29.5 Å². The minimum Gasteiger partial charge on any atom is -0.368 e. The summed E-state index contributed by atoms with van der Waals surface area (Å²) in [6, 6.07) is 5.56. The lowest BCUT2D eigenvalue weighted by Crippen LogP contribution is -2.27. The van der Waals surface area contributed by atoms with Gasteiger partial charge < -0.3 is 15.5 Å². The van der Waals surface area contributed by atoms with Crippen molar-refractivity contribution in [2.75, 3.05) is 6.61 Å². The van der Waals surface area contributed by atoms with Crippen LogP contribution in [-0.4, -0.2) is 28.6 Å². The summed E-state index contributed by atoms with van der Waals surface area (Å²) < 4.78 is 4.94. The first-order valence-electron chi connectivity index (χ1n) is 8.07. The third-order valence-corrected chi connectivity index (χ3v) is 4.22. The molecule has 2 aromatic rings. The van der Waals surface area contributed by atoms with Crippen molar-refractivity contribution in [3.63, 3.8) is 0 Å². The molecule has 2 aliphatic rings. The van der Waals surface area contributed by atoms with Gasteiger partial charge in [0.15, 0.2) is 0 Å². The number of H-pyrrole nitrogens is 1. The van der Waals surface area contributed by atoms with E-state index < -0.39 is 0 Å². The minimum atomic E-state index is -0.331. The topological polar surface area (TPSA) is 81.0 Å². The van der Waals surface area contributed by atoms with Crippen molar-refractivity contribution in [3.8, 4) is 0 Å². The van der Waals surface area contributed by atoms with Crippen LogP contribution < -0.4 is 5.73 Å². The van der Waals surface area contributed by atoms with Gasteiger partial charge in [-0.2, -0.15) is 0 Å². The Morgan fingerprint density at radius 1 is 1.30 bits per heavy atom. The number of nitrogens with two attached hydrogens (primary N) is 1. The van der Waals surface area contributed by atoms with Crippen molar-refractivity contribution >= 4 is 28.5 Å². The van der Waals surface area contributed by atoms with E-state index in [0.717, 1.165) is 29.8 Å². The van der Waals surface area contributed by atoms with Crippen molar-refractivity contribution in [2.45, 2.75) is 45.1 Å². The smallest absolute Gasteiger partial charge is 0.246 e. The Balaban J connectivity index is 0.000000133. The predicted octanol–water partition coefficient (Wildman–Crippen LogP) is 3.67. The lowest BCUT2D eigenvalue weighted by atomic mass is 9.88.